The number of allylic oxidation sites excluding steroid dienone is 20. The van der Waals surface area contributed by atoms with Crippen LogP contribution < -0.4 is 0 Å². The number of unbranched alkanes of at least 4 members (excludes halogenated alkanes) is 19. The molecule has 0 saturated heterocycles. The predicted molar refractivity (Wildman–Crippen MR) is 297 cm³/mol. The average molecular weight is 942 g/mol. The average Bonchev–Trinajstić information content (AvgIpc) is 3.34. The molecule has 0 amide bonds. The first-order chi connectivity index (χ1) is 33.6. The Hall–Kier alpha value is -3.70. The first-order valence-corrected chi connectivity index (χ1v) is 28.1. The molecule has 0 fully saturated rings. The van der Waals surface area contributed by atoms with Crippen molar-refractivity contribution in [3.8, 4) is 0 Å². The number of carbonyl (C=O) groups excluding carboxylic acids is 2. The lowest BCUT2D eigenvalue weighted by Crippen LogP contribution is -2.30. The van der Waals surface area contributed by atoms with Gasteiger partial charge in [-0.2, -0.15) is 0 Å². The van der Waals surface area contributed by atoms with Gasteiger partial charge in [0.1, 0.15) is 6.61 Å². The molecule has 386 valence electrons. The number of hydrogen-bond acceptors (Lipinski definition) is 5. The molecule has 0 aliphatic rings. The summed E-state index contributed by atoms with van der Waals surface area (Å²) in [5, 5.41) is 0. The third-order valence-corrected chi connectivity index (χ3v) is 11.5. The van der Waals surface area contributed by atoms with E-state index in [0.717, 1.165) is 128 Å². The summed E-state index contributed by atoms with van der Waals surface area (Å²) >= 11 is 0. The van der Waals surface area contributed by atoms with E-state index >= 15 is 0 Å². The highest BCUT2D eigenvalue weighted by Crippen LogP contribution is 2.13. The molecule has 0 N–H and O–H groups in total. The molecule has 1 unspecified atom stereocenters. The molecule has 0 aromatic carbocycles. The number of ether oxygens (including phenoxy) is 3. The maximum atomic E-state index is 12.8. The van der Waals surface area contributed by atoms with E-state index in [0.29, 0.717) is 19.4 Å². The van der Waals surface area contributed by atoms with Crippen LogP contribution in [0.3, 0.4) is 0 Å². The van der Waals surface area contributed by atoms with Crippen molar-refractivity contribution in [2.45, 2.75) is 245 Å². The summed E-state index contributed by atoms with van der Waals surface area (Å²) < 4.78 is 17.4. The first kappa shape index (κ1) is 64.3. The van der Waals surface area contributed by atoms with Gasteiger partial charge >= 0.3 is 11.9 Å². The Balaban J connectivity index is 4.35. The zero-order valence-electron chi connectivity index (χ0n) is 44.3. The minimum Gasteiger partial charge on any atom is -0.462 e. The van der Waals surface area contributed by atoms with E-state index in [1.165, 1.54) is 77.0 Å². The quantitative estimate of drug-likeness (QED) is 0.0345. The van der Waals surface area contributed by atoms with Crippen LogP contribution in [0.15, 0.2) is 122 Å². The predicted octanol–water partition coefficient (Wildman–Crippen LogP) is 19.3. The summed E-state index contributed by atoms with van der Waals surface area (Å²) in [5.41, 5.74) is 0. The largest absolute Gasteiger partial charge is 0.462 e. The third kappa shape index (κ3) is 54.9. The lowest BCUT2D eigenvalue weighted by atomic mass is 10.1. The van der Waals surface area contributed by atoms with Gasteiger partial charge in [-0.25, -0.2) is 0 Å². The molecule has 0 radical (unpaired) electrons. The fourth-order valence-corrected chi connectivity index (χ4v) is 7.34. The topological polar surface area (TPSA) is 61.8 Å². The van der Waals surface area contributed by atoms with Gasteiger partial charge in [-0.15, -0.1) is 0 Å². The van der Waals surface area contributed by atoms with Crippen LogP contribution in [-0.4, -0.2) is 37.9 Å². The number of rotatable bonds is 50. The van der Waals surface area contributed by atoms with E-state index in [9.17, 15) is 9.59 Å². The van der Waals surface area contributed by atoms with Crippen molar-refractivity contribution < 1.29 is 23.8 Å². The smallest absolute Gasteiger partial charge is 0.306 e. The Kier molecular flexibility index (Phi) is 54.5. The number of carbonyl (C=O) groups is 2. The lowest BCUT2D eigenvalue weighted by molar-refractivity contribution is -0.163. The Bertz CT molecular complexity index is 1390. The molecule has 0 aromatic rings. The van der Waals surface area contributed by atoms with Crippen molar-refractivity contribution >= 4 is 11.9 Å². The summed E-state index contributed by atoms with van der Waals surface area (Å²) in [6.45, 7) is 7.50. The lowest BCUT2D eigenvalue weighted by Gasteiger charge is -2.18. The van der Waals surface area contributed by atoms with Gasteiger partial charge in [0.05, 0.1) is 6.61 Å². The van der Waals surface area contributed by atoms with Gasteiger partial charge in [-0.05, 0) is 128 Å². The molecule has 5 heteroatoms. The minimum absolute atomic E-state index is 0.0547. The second kappa shape index (κ2) is 57.6. The van der Waals surface area contributed by atoms with E-state index in [1.807, 2.05) is 0 Å². The monoisotopic (exact) mass is 941 g/mol. The Morgan fingerprint density at radius 2 is 0.662 bits per heavy atom. The molecule has 68 heavy (non-hydrogen) atoms. The Morgan fingerprint density at radius 3 is 1.07 bits per heavy atom. The molecule has 0 saturated carbocycles. The summed E-state index contributed by atoms with van der Waals surface area (Å²) in [5.74, 6) is -0.457. The molecule has 0 aliphatic carbocycles. The summed E-state index contributed by atoms with van der Waals surface area (Å²) in [6.07, 6.45) is 80.7. The molecule has 0 heterocycles. The molecule has 0 rings (SSSR count). The highest BCUT2D eigenvalue weighted by Gasteiger charge is 2.17. The van der Waals surface area contributed by atoms with E-state index in [4.69, 9.17) is 14.2 Å². The maximum absolute atomic E-state index is 12.8. The maximum Gasteiger partial charge on any atom is 0.306 e. The van der Waals surface area contributed by atoms with Gasteiger partial charge < -0.3 is 14.2 Å². The van der Waals surface area contributed by atoms with Gasteiger partial charge in [-0.3, -0.25) is 9.59 Å². The van der Waals surface area contributed by atoms with Crippen LogP contribution in [-0.2, 0) is 23.8 Å². The summed E-state index contributed by atoms with van der Waals surface area (Å²) in [7, 11) is 0. The molecule has 0 spiro atoms. The number of hydrogen-bond donors (Lipinski definition) is 0. The molecular formula is C63H104O5. The van der Waals surface area contributed by atoms with Crippen LogP contribution in [0.5, 0.6) is 0 Å². The van der Waals surface area contributed by atoms with E-state index < -0.39 is 6.10 Å². The Morgan fingerprint density at radius 1 is 0.338 bits per heavy atom. The van der Waals surface area contributed by atoms with E-state index in [2.05, 4.69) is 142 Å². The van der Waals surface area contributed by atoms with Gasteiger partial charge in [-0.1, -0.05) is 219 Å². The van der Waals surface area contributed by atoms with Crippen molar-refractivity contribution in [1.29, 1.82) is 0 Å². The first-order valence-electron chi connectivity index (χ1n) is 28.1. The van der Waals surface area contributed by atoms with Crippen molar-refractivity contribution in [2.75, 3.05) is 19.8 Å². The highest BCUT2D eigenvalue weighted by atomic mass is 16.6. The van der Waals surface area contributed by atoms with Crippen LogP contribution >= 0.6 is 0 Å². The molecule has 0 aliphatic heterocycles. The second-order valence-corrected chi connectivity index (χ2v) is 18.1. The molecule has 0 aromatic heterocycles. The van der Waals surface area contributed by atoms with Gasteiger partial charge in [0.15, 0.2) is 6.10 Å². The Labute approximate surface area is 420 Å². The molecule has 0 bridgehead atoms. The molecule has 5 nitrogen and oxygen atoms in total. The van der Waals surface area contributed by atoms with Gasteiger partial charge in [0.25, 0.3) is 0 Å². The van der Waals surface area contributed by atoms with Crippen molar-refractivity contribution in [3.05, 3.63) is 122 Å². The van der Waals surface area contributed by atoms with Crippen LogP contribution in [0.4, 0.5) is 0 Å². The van der Waals surface area contributed by atoms with E-state index in [1.54, 1.807) is 0 Å². The van der Waals surface area contributed by atoms with Gasteiger partial charge in [0, 0.05) is 19.4 Å². The van der Waals surface area contributed by atoms with E-state index in [-0.39, 0.29) is 25.2 Å². The fourth-order valence-electron chi connectivity index (χ4n) is 7.34. The van der Waals surface area contributed by atoms with Crippen LogP contribution in [0.25, 0.3) is 0 Å². The van der Waals surface area contributed by atoms with Crippen LogP contribution in [0, 0.1) is 0 Å². The molecular weight excluding hydrogens is 837 g/mol. The van der Waals surface area contributed by atoms with Crippen molar-refractivity contribution in [1.82, 2.24) is 0 Å². The standard InChI is InChI=1S/C63H104O5/c1-4-7-10-13-16-19-22-25-27-29-31-33-35-37-40-43-46-49-52-55-58-66-59-61(68-63(65)57-54-51-48-45-42-38-24-21-18-15-12-9-6-3)60-67-62(64)56-53-50-47-44-41-39-36-34-32-30-28-26-23-20-17-14-11-8-5-2/h7,9-10,12,16-21,25-28,31-34,38,42,61H,4-6,8,11,13-15,22-24,29-30,35-37,39-41,43-60H2,1-3H3/b10-7-,12-9-,19-16-,20-17-,21-18-,27-25-,28-26-,33-31-,34-32-,42-38-. The summed E-state index contributed by atoms with van der Waals surface area (Å²) in [4.78, 5) is 25.5. The fraction of sp³-hybridized carbons (Fsp3) is 0.651. The van der Waals surface area contributed by atoms with Crippen LogP contribution in [0.1, 0.15) is 239 Å². The normalized spacial score (nSPS) is 13.2. The van der Waals surface area contributed by atoms with Gasteiger partial charge in [0.2, 0.25) is 0 Å². The molecule has 1 atom stereocenters. The highest BCUT2D eigenvalue weighted by molar-refractivity contribution is 5.70. The number of esters is 2. The summed E-state index contributed by atoms with van der Waals surface area (Å²) in [6, 6.07) is 0. The second-order valence-electron chi connectivity index (χ2n) is 18.1. The SMILES string of the molecule is CC/C=C\C/C=C\C/C=C\C/C=C\CCCCCCCCCOCC(COC(=O)CCCCCCCC/C=C\C/C=C\C/C=C\CCCCC)OC(=O)CCCCC/C=C\C/C=C\C/C=C\CC. The van der Waals surface area contributed by atoms with Crippen LogP contribution in [0.2, 0.25) is 0 Å². The third-order valence-electron chi connectivity index (χ3n) is 11.5. The zero-order chi connectivity index (χ0) is 49.2. The van der Waals surface area contributed by atoms with Crippen molar-refractivity contribution in [2.24, 2.45) is 0 Å². The zero-order valence-corrected chi connectivity index (χ0v) is 44.3. The minimum atomic E-state index is -0.572. The van der Waals surface area contributed by atoms with Crippen molar-refractivity contribution in [3.63, 3.8) is 0 Å².